The van der Waals surface area contributed by atoms with Crippen molar-refractivity contribution < 1.29 is 76.3 Å². The van der Waals surface area contributed by atoms with Crippen LogP contribution >= 0.6 is 23.5 Å². The second-order valence-electron chi connectivity index (χ2n) is 20.8. The van der Waals surface area contributed by atoms with Crippen LogP contribution in [-0.4, -0.2) is 80.8 Å². The molecule has 4 aliphatic rings. The number of carbonyl (C=O) groups is 8. The van der Waals surface area contributed by atoms with Gasteiger partial charge in [-0.25, -0.2) is 19.7 Å². The zero-order valence-corrected chi connectivity index (χ0v) is 46.4. The van der Waals surface area contributed by atoms with Gasteiger partial charge in [-0.3, -0.25) is 28.8 Å². The third-order valence-corrected chi connectivity index (χ3v) is 17.1. The number of nitriles is 1. The van der Waals surface area contributed by atoms with E-state index >= 15 is 0 Å². The Hall–Kier alpha value is -6.90. The fraction of sp³-hybridized carbons (Fsp3) is 0.525. The van der Waals surface area contributed by atoms with Crippen molar-refractivity contribution in [3.05, 3.63) is 88.6 Å². The molecule has 0 saturated heterocycles. The van der Waals surface area contributed by atoms with Gasteiger partial charge in [0.2, 0.25) is 0 Å². The molecule has 20 heteroatoms. The number of benzene rings is 2. The number of esters is 8. The third-order valence-electron chi connectivity index (χ3n) is 14.5. The van der Waals surface area contributed by atoms with E-state index < -0.39 is 53.1 Å². The lowest BCUT2D eigenvalue weighted by Gasteiger charge is -2.36. The maximum Gasteiger partial charge on any atom is 0.330 e. The first-order valence-corrected chi connectivity index (χ1v) is 28.5. The summed E-state index contributed by atoms with van der Waals surface area (Å²) in [6.45, 7) is 18.4. The monoisotopic (exact) mass is 1120 g/mol. The number of unbranched alkanes of at least 4 members (excludes halogenated alkanes) is 1. The van der Waals surface area contributed by atoms with Gasteiger partial charge in [0, 0.05) is 24.0 Å². The Kier molecular flexibility index (Phi) is 23.6. The van der Waals surface area contributed by atoms with Crippen molar-refractivity contribution in [3.63, 3.8) is 0 Å². The van der Waals surface area contributed by atoms with Crippen molar-refractivity contribution in [2.75, 3.05) is 33.0 Å². The lowest BCUT2D eigenvalue weighted by atomic mass is 9.69. The summed E-state index contributed by atoms with van der Waals surface area (Å²) in [4.78, 5) is 105. The molecule has 0 atom stereocenters. The second-order valence-corrected chi connectivity index (χ2v) is 23.1. The minimum Gasteiger partial charge on any atom is -0.465 e. The summed E-state index contributed by atoms with van der Waals surface area (Å²) in [7, 11) is 0. The summed E-state index contributed by atoms with van der Waals surface area (Å²) >= 11 is 2.24. The van der Waals surface area contributed by atoms with E-state index in [0.29, 0.717) is 89.4 Å². The summed E-state index contributed by atoms with van der Waals surface area (Å²) in [5, 5.41) is 9.71. The normalized spacial score (nSPS) is 21.2. The highest BCUT2D eigenvalue weighted by Gasteiger charge is 2.38. The minimum absolute atomic E-state index is 0.00259. The maximum absolute atomic E-state index is 13.7. The molecule has 3 aliphatic carbocycles. The molecule has 0 spiro atoms. The number of hydrogen-bond donors (Lipinski definition) is 0. The Morgan fingerprint density at radius 2 is 1.04 bits per heavy atom. The van der Waals surface area contributed by atoms with Crippen molar-refractivity contribution in [1.29, 1.82) is 5.26 Å². The maximum atomic E-state index is 13.7. The van der Waals surface area contributed by atoms with Crippen molar-refractivity contribution in [1.82, 2.24) is 0 Å². The van der Waals surface area contributed by atoms with Crippen molar-refractivity contribution in [2.45, 2.75) is 133 Å². The van der Waals surface area contributed by atoms with E-state index in [1.807, 2.05) is 6.07 Å². The lowest BCUT2D eigenvalue weighted by molar-refractivity contribution is -0.154. The lowest BCUT2D eigenvalue weighted by Crippen LogP contribution is -2.31. The molecule has 0 bridgehead atoms. The van der Waals surface area contributed by atoms with E-state index in [1.54, 1.807) is 50.2 Å². The summed E-state index contributed by atoms with van der Waals surface area (Å²) in [6, 6.07) is 11.9. The molecule has 6 rings (SSSR count). The molecule has 18 nitrogen and oxygen atoms in total. The average Bonchev–Trinajstić information content (AvgIpc) is 4.02. The third kappa shape index (κ3) is 18.9. The van der Waals surface area contributed by atoms with E-state index in [1.165, 1.54) is 0 Å². The van der Waals surface area contributed by atoms with E-state index in [2.05, 4.69) is 18.0 Å². The van der Waals surface area contributed by atoms with Gasteiger partial charge >= 0.3 is 47.8 Å². The summed E-state index contributed by atoms with van der Waals surface area (Å²) in [5.74, 6) is -3.29. The van der Waals surface area contributed by atoms with Crippen LogP contribution in [0.3, 0.4) is 0 Å². The summed E-state index contributed by atoms with van der Waals surface area (Å²) in [5.41, 5.74) is 0.0720. The summed E-state index contributed by atoms with van der Waals surface area (Å²) < 4.78 is 44.1. The number of allylic oxidation sites excluding steroid dienone is 1. The second kappa shape index (κ2) is 30.5. The van der Waals surface area contributed by atoms with Gasteiger partial charge in [0.05, 0.1) is 96.2 Å². The van der Waals surface area contributed by atoms with Crippen LogP contribution in [-0.2, 0) is 68.5 Å². The molecular weight excluding hydrogens is 1060 g/mol. The summed E-state index contributed by atoms with van der Waals surface area (Å²) in [6.07, 6.45) is 11.4. The molecule has 3 saturated carbocycles. The first kappa shape index (κ1) is 61.3. The van der Waals surface area contributed by atoms with Crippen molar-refractivity contribution >= 4 is 71.3 Å². The van der Waals surface area contributed by atoms with Crippen LogP contribution < -0.4 is 14.2 Å². The highest BCUT2D eigenvalue weighted by molar-refractivity contribution is 8.24. The van der Waals surface area contributed by atoms with Crippen molar-refractivity contribution in [3.8, 4) is 23.3 Å². The number of nitrogens with zero attached hydrogens (tertiary/aromatic N) is 2. The molecule has 79 heavy (non-hydrogen) atoms. The van der Waals surface area contributed by atoms with E-state index in [0.717, 1.165) is 79.8 Å². The SMILES string of the molecule is [C-]#[N+]/C(C#N)=C1\Sc2c(OC(=O)C3CCC(C(=O)Oc4ccc(CCOC(=O)CCC(=O)OCC(C)(C)COC(=O)C=C)cc4)CC3)ccc(OC(=O)C3CCC(C4CCC(C(=O)OCCCCOC(=O)C=C)CC4)CC3)c2S1. The molecule has 2 aromatic carbocycles. The molecule has 422 valence electrons. The highest BCUT2D eigenvalue weighted by Crippen LogP contribution is 2.59. The van der Waals surface area contributed by atoms with Crippen LogP contribution in [0.4, 0.5) is 0 Å². The number of thioether (sulfide) groups is 2. The molecule has 0 unspecified atom stereocenters. The molecule has 0 radical (unpaired) electrons. The Bertz CT molecular complexity index is 2660. The first-order chi connectivity index (χ1) is 38.0. The van der Waals surface area contributed by atoms with Crippen LogP contribution in [0.25, 0.3) is 4.85 Å². The molecular formula is C59H68N2O16S2. The van der Waals surface area contributed by atoms with Crippen LogP contribution in [0.15, 0.2) is 81.4 Å². The van der Waals surface area contributed by atoms with Gasteiger partial charge in [0.1, 0.15) is 17.2 Å². The zero-order chi connectivity index (χ0) is 56.9. The van der Waals surface area contributed by atoms with Gasteiger partial charge in [-0.15, -0.1) is 0 Å². The van der Waals surface area contributed by atoms with E-state index in [9.17, 15) is 43.6 Å². The Morgan fingerprint density at radius 3 is 1.53 bits per heavy atom. The predicted octanol–water partition coefficient (Wildman–Crippen LogP) is 10.5. The smallest absolute Gasteiger partial charge is 0.330 e. The largest absolute Gasteiger partial charge is 0.465 e. The number of fused-ring (bicyclic) bond motifs is 1. The van der Waals surface area contributed by atoms with Crippen LogP contribution in [0.1, 0.15) is 122 Å². The Morgan fingerprint density at radius 1 is 0.595 bits per heavy atom. The van der Waals surface area contributed by atoms with Gasteiger partial charge < -0.3 is 37.9 Å². The molecule has 0 N–H and O–H groups in total. The molecule has 3 fully saturated rings. The average molecular weight is 1130 g/mol. The topological polar surface area (TPSA) is 239 Å². The standard InChI is InChI=1S/C59H68N2O16S2/c1-6-48(62)70-31-8-9-32-72-54(66)40-16-12-38(13-17-40)39-14-18-42(19-15-39)56(68)76-46-26-27-47(53-52(46)78-58(79-53)45(34-60)61-5)77-57(69)43-22-20-41(21-23-43)55(67)75-44-24-10-37(11-25-44)30-33-71-50(64)28-29-51(65)74-36-59(3,4)35-73-49(63)7-2/h6-7,10-11,24-27,38-43H,1-2,8-9,12-23,28-33,35-36H2,3-4H3/b58-45-. The predicted molar refractivity (Wildman–Crippen MR) is 288 cm³/mol. The fourth-order valence-electron chi connectivity index (χ4n) is 9.82. The minimum atomic E-state index is -0.621. The van der Waals surface area contributed by atoms with Crippen molar-refractivity contribution in [2.24, 2.45) is 40.9 Å². The van der Waals surface area contributed by atoms with Crippen LogP contribution in [0.2, 0.25) is 0 Å². The number of carbonyl (C=O) groups excluding carboxylic acids is 8. The fourth-order valence-corrected chi connectivity index (χ4v) is 12.3. The van der Waals surface area contributed by atoms with Gasteiger partial charge in [-0.1, -0.05) is 62.7 Å². The van der Waals surface area contributed by atoms with E-state index in [4.69, 9.17) is 44.5 Å². The molecule has 1 aliphatic heterocycles. The van der Waals surface area contributed by atoms with Crippen LogP contribution in [0.5, 0.6) is 17.2 Å². The van der Waals surface area contributed by atoms with Gasteiger partial charge in [-0.2, -0.15) is 0 Å². The van der Waals surface area contributed by atoms with Gasteiger partial charge in [0.25, 0.3) is 5.70 Å². The Balaban J connectivity index is 0.905. The molecule has 0 aromatic heterocycles. The van der Waals surface area contributed by atoms with Gasteiger partial charge in [-0.05, 0) is 132 Å². The molecule has 2 aromatic rings. The Labute approximate surface area is 469 Å². The van der Waals surface area contributed by atoms with E-state index in [-0.39, 0.29) is 86.8 Å². The number of hydrogen-bond acceptors (Lipinski definition) is 19. The zero-order valence-electron chi connectivity index (χ0n) is 44.8. The van der Waals surface area contributed by atoms with Crippen LogP contribution in [0, 0.1) is 58.8 Å². The quantitative estimate of drug-likeness (QED) is 0.0171. The number of rotatable bonds is 25. The van der Waals surface area contributed by atoms with Gasteiger partial charge in [0.15, 0.2) is 0 Å². The first-order valence-electron chi connectivity index (χ1n) is 26.8. The highest BCUT2D eigenvalue weighted by atomic mass is 32.2. The molecule has 1 heterocycles. The number of ether oxygens (including phenoxy) is 8. The molecule has 0 amide bonds.